The number of carbonyl (C=O) groups excluding carboxylic acids is 1. The van der Waals surface area contributed by atoms with Crippen LogP contribution in [0.1, 0.15) is 59.4 Å². The Kier molecular flexibility index (Phi) is 9.56. The van der Waals surface area contributed by atoms with Gasteiger partial charge in [-0.3, -0.25) is 10.1 Å². The number of nitrogens with zero attached hydrogens (tertiary/aromatic N) is 1. The van der Waals surface area contributed by atoms with Gasteiger partial charge in [-0.2, -0.15) is 0 Å². The van der Waals surface area contributed by atoms with Gasteiger partial charge in [0.25, 0.3) is 8.32 Å². The molecule has 0 aliphatic rings. The summed E-state index contributed by atoms with van der Waals surface area (Å²) in [5.74, 6) is -0.646. The Labute approximate surface area is 175 Å². The SMILES string of the molecule is CC[Si](CC)(CC)O/C(=C\CC(C[N+](=O)[O-])c1ccccc1)C(=O)OC(C)(C)C. The molecule has 1 atom stereocenters. The van der Waals surface area contributed by atoms with Crippen LogP contribution in [0.2, 0.25) is 18.1 Å². The summed E-state index contributed by atoms with van der Waals surface area (Å²) in [6, 6.07) is 12.0. The van der Waals surface area contributed by atoms with E-state index in [1.807, 2.05) is 51.1 Å². The molecule has 7 heteroatoms. The lowest BCUT2D eigenvalue weighted by molar-refractivity contribution is -0.483. The molecule has 0 fully saturated rings. The molecule has 0 radical (unpaired) electrons. The molecule has 0 aliphatic heterocycles. The topological polar surface area (TPSA) is 78.7 Å². The molecule has 1 aromatic rings. The Bertz CT molecular complexity index is 685. The number of allylic oxidation sites excluding steroid dienone is 1. The standard InChI is InChI=1S/C22H35NO5Si/c1-7-29(8-2,9-3)28-20(21(24)27-22(4,5)6)16-15-19(17-23(25)26)18-13-11-10-12-14-18/h10-14,16,19H,7-9,15,17H2,1-6H3/b20-16-. The van der Waals surface area contributed by atoms with Crippen molar-refractivity contribution in [3.05, 3.63) is 57.8 Å². The summed E-state index contributed by atoms with van der Waals surface area (Å²) in [5.41, 5.74) is 0.225. The van der Waals surface area contributed by atoms with Crippen LogP contribution in [0.4, 0.5) is 0 Å². The maximum atomic E-state index is 12.8. The van der Waals surface area contributed by atoms with Gasteiger partial charge in [-0.25, -0.2) is 4.79 Å². The quantitative estimate of drug-likeness (QED) is 0.115. The van der Waals surface area contributed by atoms with Crippen molar-refractivity contribution in [2.24, 2.45) is 0 Å². The fourth-order valence-corrected chi connectivity index (χ4v) is 5.73. The Morgan fingerprint density at radius 3 is 2.14 bits per heavy atom. The average Bonchev–Trinajstić information content (AvgIpc) is 2.66. The molecule has 0 saturated carbocycles. The van der Waals surface area contributed by atoms with Gasteiger partial charge < -0.3 is 9.16 Å². The van der Waals surface area contributed by atoms with E-state index in [0.29, 0.717) is 6.42 Å². The van der Waals surface area contributed by atoms with Crippen LogP contribution >= 0.6 is 0 Å². The number of hydrogen-bond donors (Lipinski definition) is 0. The molecule has 1 unspecified atom stereocenters. The van der Waals surface area contributed by atoms with E-state index in [2.05, 4.69) is 20.8 Å². The van der Waals surface area contributed by atoms with E-state index in [9.17, 15) is 14.9 Å². The first kappa shape index (κ1) is 24.9. The third-order valence-corrected chi connectivity index (χ3v) is 9.61. The van der Waals surface area contributed by atoms with E-state index < -0.39 is 19.9 Å². The molecule has 0 amide bonds. The van der Waals surface area contributed by atoms with E-state index >= 15 is 0 Å². The third kappa shape index (κ3) is 8.39. The second-order valence-corrected chi connectivity index (χ2v) is 13.0. The van der Waals surface area contributed by atoms with Crippen LogP contribution in [0.15, 0.2) is 42.2 Å². The van der Waals surface area contributed by atoms with Crippen LogP contribution in [0, 0.1) is 10.1 Å². The van der Waals surface area contributed by atoms with Gasteiger partial charge in [0.2, 0.25) is 6.54 Å². The minimum atomic E-state index is -2.10. The van der Waals surface area contributed by atoms with Crippen molar-refractivity contribution in [1.82, 2.24) is 0 Å². The van der Waals surface area contributed by atoms with Crippen molar-refractivity contribution in [2.45, 2.75) is 77.6 Å². The van der Waals surface area contributed by atoms with Crippen LogP contribution < -0.4 is 0 Å². The molecule has 0 heterocycles. The van der Waals surface area contributed by atoms with Crippen molar-refractivity contribution in [2.75, 3.05) is 6.54 Å². The van der Waals surface area contributed by atoms with Gasteiger partial charge in [-0.15, -0.1) is 0 Å². The second-order valence-electron chi connectivity index (χ2n) is 8.27. The summed E-state index contributed by atoms with van der Waals surface area (Å²) in [6.45, 7) is 11.5. The highest BCUT2D eigenvalue weighted by atomic mass is 28.4. The zero-order valence-electron chi connectivity index (χ0n) is 18.6. The molecule has 1 aromatic carbocycles. The van der Waals surface area contributed by atoms with Gasteiger partial charge in [-0.05, 0) is 57.0 Å². The zero-order valence-corrected chi connectivity index (χ0v) is 19.6. The van der Waals surface area contributed by atoms with Gasteiger partial charge in [-0.1, -0.05) is 51.1 Å². The number of esters is 1. The molecule has 1 rings (SSSR count). The molecule has 0 saturated heterocycles. The van der Waals surface area contributed by atoms with Crippen molar-refractivity contribution in [1.29, 1.82) is 0 Å². The Morgan fingerprint density at radius 1 is 1.14 bits per heavy atom. The highest BCUT2D eigenvalue weighted by Gasteiger charge is 2.34. The molecule has 0 spiro atoms. The molecular formula is C22H35NO5Si. The number of nitro groups is 1. The first-order valence-corrected chi connectivity index (χ1v) is 12.9. The Hall–Kier alpha value is -2.15. The summed E-state index contributed by atoms with van der Waals surface area (Å²) >= 11 is 0. The normalized spacial score (nSPS) is 13.7. The lowest BCUT2D eigenvalue weighted by atomic mass is 9.95. The molecular weight excluding hydrogens is 386 g/mol. The molecule has 6 nitrogen and oxygen atoms in total. The van der Waals surface area contributed by atoms with Crippen LogP contribution in [-0.2, 0) is 14.0 Å². The van der Waals surface area contributed by atoms with Gasteiger partial charge in [0.15, 0.2) is 5.76 Å². The van der Waals surface area contributed by atoms with E-state index in [-0.39, 0.29) is 23.1 Å². The van der Waals surface area contributed by atoms with Crippen LogP contribution in [0.3, 0.4) is 0 Å². The Morgan fingerprint density at radius 2 is 1.69 bits per heavy atom. The van der Waals surface area contributed by atoms with Crippen LogP contribution in [0.25, 0.3) is 0 Å². The van der Waals surface area contributed by atoms with E-state index in [4.69, 9.17) is 9.16 Å². The summed E-state index contributed by atoms with van der Waals surface area (Å²) in [4.78, 5) is 23.7. The lowest BCUT2D eigenvalue weighted by Gasteiger charge is -2.31. The highest BCUT2D eigenvalue weighted by molar-refractivity contribution is 6.74. The monoisotopic (exact) mass is 421 g/mol. The van der Waals surface area contributed by atoms with E-state index in [1.165, 1.54) is 0 Å². The molecule has 0 aliphatic carbocycles. The number of ether oxygens (including phenoxy) is 1. The molecule has 0 N–H and O–H groups in total. The molecule has 29 heavy (non-hydrogen) atoms. The maximum Gasteiger partial charge on any atom is 0.372 e. The summed E-state index contributed by atoms with van der Waals surface area (Å²) < 4.78 is 11.9. The van der Waals surface area contributed by atoms with Crippen LogP contribution in [0.5, 0.6) is 0 Å². The predicted octanol–water partition coefficient (Wildman–Crippen LogP) is 5.68. The van der Waals surface area contributed by atoms with Crippen molar-refractivity contribution < 1.29 is 18.9 Å². The largest absolute Gasteiger partial charge is 0.539 e. The highest BCUT2D eigenvalue weighted by Crippen LogP contribution is 2.28. The summed E-state index contributed by atoms with van der Waals surface area (Å²) in [5, 5.41) is 11.2. The van der Waals surface area contributed by atoms with Gasteiger partial charge >= 0.3 is 5.97 Å². The minimum absolute atomic E-state index is 0.196. The fraction of sp³-hybridized carbons (Fsp3) is 0.591. The smallest absolute Gasteiger partial charge is 0.372 e. The summed E-state index contributed by atoms with van der Waals surface area (Å²) in [6.07, 6.45) is 2.03. The van der Waals surface area contributed by atoms with E-state index in [0.717, 1.165) is 23.7 Å². The second kappa shape index (κ2) is 11.1. The van der Waals surface area contributed by atoms with Gasteiger partial charge in [0, 0.05) is 4.92 Å². The number of carbonyl (C=O) groups is 1. The summed E-state index contributed by atoms with van der Waals surface area (Å²) in [7, 11) is -2.10. The molecule has 162 valence electrons. The molecule has 0 bridgehead atoms. The third-order valence-electron chi connectivity index (χ3n) is 5.09. The maximum absolute atomic E-state index is 12.8. The lowest BCUT2D eigenvalue weighted by Crippen LogP contribution is -2.38. The van der Waals surface area contributed by atoms with Crippen molar-refractivity contribution in [3.8, 4) is 0 Å². The minimum Gasteiger partial charge on any atom is -0.539 e. The first-order valence-electron chi connectivity index (χ1n) is 10.3. The average molecular weight is 422 g/mol. The van der Waals surface area contributed by atoms with E-state index in [1.54, 1.807) is 6.08 Å². The number of rotatable bonds is 11. The van der Waals surface area contributed by atoms with Crippen molar-refractivity contribution in [3.63, 3.8) is 0 Å². The number of benzene rings is 1. The predicted molar refractivity (Wildman–Crippen MR) is 118 cm³/mol. The fourth-order valence-electron chi connectivity index (χ4n) is 3.17. The zero-order chi connectivity index (χ0) is 22.1. The molecule has 0 aromatic heterocycles. The first-order chi connectivity index (χ1) is 13.6. The van der Waals surface area contributed by atoms with Gasteiger partial charge in [0.05, 0.1) is 5.92 Å². The van der Waals surface area contributed by atoms with Gasteiger partial charge in [0.1, 0.15) is 5.60 Å². The number of hydrogen-bond acceptors (Lipinski definition) is 5. The van der Waals surface area contributed by atoms with Crippen molar-refractivity contribution >= 4 is 14.3 Å². The van der Waals surface area contributed by atoms with Crippen LogP contribution in [-0.4, -0.2) is 31.4 Å². The Balaban J connectivity index is 3.21.